The van der Waals surface area contributed by atoms with Crippen LogP contribution in [0.15, 0.2) is 29.4 Å². The second-order valence-electron chi connectivity index (χ2n) is 5.17. The highest BCUT2D eigenvalue weighted by molar-refractivity contribution is 14.0. The van der Waals surface area contributed by atoms with Crippen LogP contribution in [0.25, 0.3) is 10.9 Å². The number of guanidine groups is 1. The number of aromatic nitrogens is 1. The minimum atomic E-state index is 0. The highest BCUT2D eigenvalue weighted by Gasteiger charge is 2.08. The van der Waals surface area contributed by atoms with Crippen molar-refractivity contribution >= 4 is 40.8 Å². The van der Waals surface area contributed by atoms with E-state index in [0.29, 0.717) is 18.5 Å². The van der Waals surface area contributed by atoms with Gasteiger partial charge in [-0.25, -0.2) is 0 Å². The van der Waals surface area contributed by atoms with Crippen LogP contribution in [0.1, 0.15) is 25.8 Å². The molecule has 0 saturated heterocycles. The molecule has 22 heavy (non-hydrogen) atoms. The first-order valence-electron chi connectivity index (χ1n) is 7.35. The maximum atomic E-state index is 5.86. The predicted octanol–water partition coefficient (Wildman–Crippen LogP) is 3.04. The van der Waals surface area contributed by atoms with Crippen molar-refractivity contribution in [2.24, 2.45) is 10.7 Å². The molecular formula is C16H25IN4O. The van der Waals surface area contributed by atoms with Crippen molar-refractivity contribution in [3.63, 3.8) is 0 Å². The topological polar surface area (TPSA) is 75.4 Å². The van der Waals surface area contributed by atoms with Crippen LogP contribution in [0.3, 0.4) is 0 Å². The molecule has 0 fully saturated rings. The third-order valence-corrected chi connectivity index (χ3v) is 3.64. The highest BCUT2D eigenvalue weighted by Crippen LogP contribution is 2.28. The smallest absolute Gasteiger partial charge is 0.188 e. The lowest BCUT2D eigenvalue weighted by molar-refractivity contribution is 0.419. The molecule has 0 saturated carbocycles. The normalized spacial score (nSPS) is 12.8. The molecule has 0 spiro atoms. The van der Waals surface area contributed by atoms with Crippen LogP contribution in [0.5, 0.6) is 5.75 Å². The molecule has 5 nitrogen and oxygen atoms in total. The molecule has 0 aliphatic heterocycles. The molecule has 1 unspecified atom stereocenters. The van der Waals surface area contributed by atoms with Gasteiger partial charge in [0.2, 0.25) is 0 Å². The van der Waals surface area contributed by atoms with Gasteiger partial charge in [0.1, 0.15) is 5.75 Å². The summed E-state index contributed by atoms with van der Waals surface area (Å²) in [7, 11) is 1.69. The number of halogens is 1. The summed E-state index contributed by atoms with van der Waals surface area (Å²) in [6.07, 6.45) is 3.86. The lowest BCUT2D eigenvalue weighted by atomic mass is 10.1. The van der Waals surface area contributed by atoms with Gasteiger partial charge >= 0.3 is 0 Å². The summed E-state index contributed by atoms with van der Waals surface area (Å²) in [5.74, 6) is 1.40. The maximum Gasteiger partial charge on any atom is 0.188 e. The number of methoxy groups -OCH3 is 1. The van der Waals surface area contributed by atoms with E-state index >= 15 is 0 Å². The van der Waals surface area contributed by atoms with Gasteiger partial charge < -0.3 is 20.8 Å². The SMILES string of the molecule is CCC(C)NC(N)=NCCc1c[nH]c2cccc(OC)c12.I. The number of hydrogen-bond donors (Lipinski definition) is 3. The molecule has 2 aromatic rings. The van der Waals surface area contributed by atoms with Crippen LogP contribution in [0.4, 0.5) is 0 Å². The Balaban J connectivity index is 0.00000242. The number of aliphatic imine (C=N–C) groups is 1. The van der Waals surface area contributed by atoms with E-state index in [0.717, 1.165) is 29.5 Å². The largest absolute Gasteiger partial charge is 0.496 e. The predicted molar refractivity (Wildman–Crippen MR) is 103 cm³/mol. The fourth-order valence-corrected chi connectivity index (χ4v) is 2.28. The molecule has 0 amide bonds. The Morgan fingerprint density at radius 2 is 2.23 bits per heavy atom. The summed E-state index contributed by atoms with van der Waals surface area (Å²) < 4.78 is 5.43. The Morgan fingerprint density at radius 1 is 1.45 bits per heavy atom. The van der Waals surface area contributed by atoms with Crippen LogP contribution in [0.2, 0.25) is 0 Å². The van der Waals surface area contributed by atoms with Crippen molar-refractivity contribution in [3.05, 3.63) is 30.0 Å². The third kappa shape index (κ3) is 4.53. The van der Waals surface area contributed by atoms with Gasteiger partial charge in [-0.05, 0) is 37.5 Å². The van der Waals surface area contributed by atoms with Gasteiger partial charge in [0.25, 0.3) is 0 Å². The number of H-pyrrole nitrogens is 1. The van der Waals surface area contributed by atoms with E-state index < -0.39 is 0 Å². The van der Waals surface area contributed by atoms with Gasteiger partial charge in [-0.2, -0.15) is 0 Å². The standard InChI is InChI=1S/C16H24N4O.HI/c1-4-11(2)20-16(17)18-9-8-12-10-19-13-6-5-7-14(21-3)15(12)13;/h5-7,10-11,19H,4,8-9H2,1-3H3,(H3,17,18,20);1H. The lowest BCUT2D eigenvalue weighted by Crippen LogP contribution is -2.38. The highest BCUT2D eigenvalue weighted by atomic mass is 127. The van der Waals surface area contributed by atoms with E-state index in [-0.39, 0.29) is 24.0 Å². The zero-order chi connectivity index (χ0) is 15.2. The van der Waals surface area contributed by atoms with Crippen LogP contribution in [0, 0.1) is 0 Å². The Bertz CT molecular complexity index is 624. The Kier molecular flexibility index (Phi) is 7.50. The molecule has 0 radical (unpaired) electrons. The quantitative estimate of drug-likeness (QED) is 0.385. The summed E-state index contributed by atoms with van der Waals surface area (Å²) in [6, 6.07) is 6.35. The van der Waals surface area contributed by atoms with Crippen LogP contribution in [-0.2, 0) is 6.42 Å². The molecule has 1 aromatic heterocycles. The minimum absolute atomic E-state index is 0. The molecule has 1 aromatic carbocycles. The van der Waals surface area contributed by atoms with E-state index in [1.165, 1.54) is 5.56 Å². The second-order valence-corrected chi connectivity index (χ2v) is 5.17. The molecule has 122 valence electrons. The zero-order valence-corrected chi connectivity index (χ0v) is 15.7. The molecule has 0 aliphatic rings. The van der Waals surface area contributed by atoms with Crippen molar-refractivity contribution in [1.82, 2.24) is 10.3 Å². The monoisotopic (exact) mass is 416 g/mol. The maximum absolute atomic E-state index is 5.86. The van der Waals surface area contributed by atoms with Gasteiger partial charge in [-0.15, -0.1) is 24.0 Å². The lowest BCUT2D eigenvalue weighted by Gasteiger charge is -2.11. The minimum Gasteiger partial charge on any atom is -0.496 e. The van der Waals surface area contributed by atoms with Gasteiger partial charge in [0, 0.05) is 29.7 Å². The first kappa shape index (κ1) is 18.6. The number of nitrogens with two attached hydrogens (primary N) is 1. The Hall–Kier alpha value is -1.44. The molecule has 6 heteroatoms. The molecule has 1 atom stereocenters. The van der Waals surface area contributed by atoms with Gasteiger partial charge in [0.05, 0.1) is 7.11 Å². The van der Waals surface area contributed by atoms with Crippen molar-refractivity contribution in [1.29, 1.82) is 0 Å². The molecular weight excluding hydrogens is 391 g/mol. The fraction of sp³-hybridized carbons (Fsp3) is 0.438. The van der Waals surface area contributed by atoms with Crippen molar-refractivity contribution in [2.75, 3.05) is 13.7 Å². The summed E-state index contributed by atoms with van der Waals surface area (Å²) in [5.41, 5.74) is 8.14. The number of nitrogens with zero attached hydrogens (tertiary/aromatic N) is 1. The first-order valence-corrected chi connectivity index (χ1v) is 7.35. The number of ether oxygens (including phenoxy) is 1. The molecule has 4 N–H and O–H groups in total. The first-order chi connectivity index (χ1) is 10.2. The number of aromatic amines is 1. The van der Waals surface area contributed by atoms with Crippen LogP contribution >= 0.6 is 24.0 Å². The Morgan fingerprint density at radius 3 is 2.91 bits per heavy atom. The number of nitrogens with one attached hydrogen (secondary N) is 2. The number of hydrogen-bond acceptors (Lipinski definition) is 2. The fourth-order valence-electron chi connectivity index (χ4n) is 2.28. The second kappa shape index (κ2) is 8.87. The summed E-state index contributed by atoms with van der Waals surface area (Å²) in [5, 5.41) is 4.29. The van der Waals surface area contributed by atoms with Gasteiger partial charge in [-0.3, -0.25) is 4.99 Å². The zero-order valence-electron chi connectivity index (χ0n) is 13.3. The number of fused-ring (bicyclic) bond motifs is 1. The van der Waals surface area contributed by atoms with Crippen molar-refractivity contribution in [2.45, 2.75) is 32.7 Å². The summed E-state index contributed by atoms with van der Waals surface area (Å²) in [6.45, 7) is 4.86. The van der Waals surface area contributed by atoms with Crippen molar-refractivity contribution in [3.8, 4) is 5.75 Å². The van der Waals surface area contributed by atoms with Gasteiger partial charge in [0.15, 0.2) is 5.96 Å². The van der Waals surface area contributed by atoms with E-state index in [1.807, 2.05) is 24.4 Å². The van der Waals surface area contributed by atoms with Gasteiger partial charge in [-0.1, -0.05) is 13.0 Å². The van der Waals surface area contributed by atoms with E-state index in [1.54, 1.807) is 7.11 Å². The summed E-state index contributed by atoms with van der Waals surface area (Å²) >= 11 is 0. The van der Waals surface area contributed by atoms with Crippen molar-refractivity contribution < 1.29 is 4.74 Å². The molecule has 2 rings (SSSR count). The van der Waals surface area contributed by atoms with Crippen LogP contribution in [-0.4, -0.2) is 30.6 Å². The third-order valence-electron chi connectivity index (χ3n) is 3.64. The van der Waals surface area contributed by atoms with Crippen LogP contribution < -0.4 is 15.8 Å². The number of rotatable bonds is 6. The average molecular weight is 416 g/mol. The molecule has 0 bridgehead atoms. The summed E-state index contributed by atoms with van der Waals surface area (Å²) in [4.78, 5) is 7.64. The average Bonchev–Trinajstić information content (AvgIpc) is 2.90. The molecule has 0 aliphatic carbocycles. The van der Waals surface area contributed by atoms with E-state index in [4.69, 9.17) is 10.5 Å². The molecule has 1 heterocycles. The Labute approximate surface area is 148 Å². The number of benzene rings is 1. The van der Waals surface area contributed by atoms with E-state index in [9.17, 15) is 0 Å². The van der Waals surface area contributed by atoms with E-state index in [2.05, 4.69) is 29.1 Å².